The fraction of sp³-hybridized carbons (Fsp3) is 0.148. The van der Waals surface area contributed by atoms with Gasteiger partial charge in [0.25, 0.3) is 0 Å². The predicted octanol–water partition coefficient (Wildman–Crippen LogP) is 5.91. The Bertz CT molecular complexity index is 1320. The summed E-state index contributed by atoms with van der Waals surface area (Å²) in [5.41, 5.74) is 3.73. The van der Waals surface area contributed by atoms with Crippen LogP contribution in [0.1, 0.15) is 5.56 Å². The minimum absolute atomic E-state index is 0.173. The van der Waals surface area contributed by atoms with Crippen molar-refractivity contribution in [3.63, 3.8) is 0 Å². The molecule has 5 nitrogen and oxygen atoms in total. The lowest BCUT2D eigenvalue weighted by molar-refractivity contribution is -0.116. The van der Waals surface area contributed by atoms with Gasteiger partial charge in [0.15, 0.2) is 11.5 Å². The van der Waals surface area contributed by atoms with Gasteiger partial charge >= 0.3 is 0 Å². The predicted molar refractivity (Wildman–Crippen MR) is 136 cm³/mol. The minimum atomic E-state index is -0.266. The molecular weight excluding hydrogens is 451 g/mol. The average molecular weight is 477 g/mol. The zero-order valence-corrected chi connectivity index (χ0v) is 19.7. The van der Waals surface area contributed by atoms with Gasteiger partial charge in [-0.2, -0.15) is 0 Å². The maximum atomic E-state index is 13.4. The van der Waals surface area contributed by atoms with Crippen molar-refractivity contribution in [1.29, 1.82) is 0 Å². The lowest BCUT2D eigenvalue weighted by Crippen LogP contribution is -2.23. The topological polar surface area (TPSA) is 63.3 Å². The fourth-order valence-electron chi connectivity index (χ4n) is 3.60. The smallest absolute Gasteiger partial charge is 0.244 e. The summed E-state index contributed by atoms with van der Waals surface area (Å²) in [6, 6.07) is 20.0. The van der Waals surface area contributed by atoms with Crippen LogP contribution in [0.3, 0.4) is 0 Å². The van der Waals surface area contributed by atoms with Gasteiger partial charge in [-0.3, -0.25) is 4.79 Å². The first-order chi connectivity index (χ1) is 16.6. The van der Waals surface area contributed by atoms with Crippen molar-refractivity contribution < 1.29 is 18.7 Å². The number of ether oxygens (including phenoxy) is 2. The average Bonchev–Trinajstić information content (AvgIpc) is 3.24. The van der Waals surface area contributed by atoms with E-state index in [4.69, 9.17) is 9.47 Å². The number of benzene rings is 3. The van der Waals surface area contributed by atoms with Crippen molar-refractivity contribution in [2.45, 2.75) is 4.90 Å². The van der Waals surface area contributed by atoms with Crippen molar-refractivity contribution in [3.05, 3.63) is 84.2 Å². The van der Waals surface area contributed by atoms with Crippen LogP contribution < -0.4 is 14.8 Å². The molecule has 1 heterocycles. The van der Waals surface area contributed by atoms with Gasteiger partial charge in [-0.15, -0.1) is 11.8 Å². The van der Waals surface area contributed by atoms with Crippen LogP contribution in [0.4, 0.5) is 4.39 Å². The van der Waals surface area contributed by atoms with Gasteiger partial charge in [0.05, 0.1) is 19.9 Å². The van der Waals surface area contributed by atoms with Crippen LogP contribution in [0.15, 0.2) is 77.7 Å². The minimum Gasteiger partial charge on any atom is -0.493 e. The second kappa shape index (κ2) is 10.9. The lowest BCUT2D eigenvalue weighted by Gasteiger charge is -2.08. The van der Waals surface area contributed by atoms with E-state index in [1.165, 1.54) is 18.2 Å². The molecule has 0 spiro atoms. The van der Waals surface area contributed by atoms with E-state index in [-0.39, 0.29) is 11.7 Å². The molecule has 1 amide bonds. The SMILES string of the molecule is COc1ccc(C=CC(=O)NCCSc2c(-c3ccc(F)cc3)[nH]c3ccccc23)cc1OC. The molecule has 0 aliphatic heterocycles. The van der Waals surface area contributed by atoms with Crippen LogP contribution in [0.2, 0.25) is 0 Å². The molecular formula is C27H25FN2O3S. The van der Waals surface area contributed by atoms with Crippen LogP contribution in [0.5, 0.6) is 11.5 Å². The van der Waals surface area contributed by atoms with E-state index in [0.29, 0.717) is 23.8 Å². The van der Waals surface area contributed by atoms with Crippen LogP contribution >= 0.6 is 11.8 Å². The van der Waals surface area contributed by atoms with Gasteiger partial charge in [0.1, 0.15) is 5.82 Å². The van der Waals surface area contributed by atoms with Gasteiger partial charge in [-0.1, -0.05) is 24.3 Å². The standard InChI is InChI=1S/C27H25FN2O3S/c1-32-23-13-7-18(17-24(23)33-2)8-14-25(31)29-15-16-34-27-21-5-3-4-6-22(21)30-26(27)19-9-11-20(28)12-10-19/h3-14,17,30H,15-16H2,1-2H3,(H,29,31). The molecule has 0 saturated heterocycles. The first-order valence-corrected chi connectivity index (χ1v) is 11.7. The second-order valence-electron chi connectivity index (χ2n) is 7.47. The number of aromatic nitrogens is 1. The monoisotopic (exact) mass is 476 g/mol. The molecule has 0 radical (unpaired) electrons. The number of fused-ring (bicyclic) bond motifs is 1. The number of hydrogen-bond acceptors (Lipinski definition) is 4. The third-order valence-corrected chi connectivity index (χ3v) is 6.39. The van der Waals surface area contributed by atoms with Crippen molar-refractivity contribution in [1.82, 2.24) is 10.3 Å². The Morgan fingerprint density at radius 1 is 1.03 bits per heavy atom. The summed E-state index contributed by atoms with van der Waals surface area (Å²) < 4.78 is 23.9. The number of aromatic amines is 1. The number of methoxy groups -OCH3 is 2. The molecule has 0 saturated carbocycles. The Kier molecular flexibility index (Phi) is 7.54. The van der Waals surface area contributed by atoms with E-state index in [9.17, 15) is 9.18 Å². The van der Waals surface area contributed by atoms with Crippen LogP contribution in [-0.4, -0.2) is 37.4 Å². The quantitative estimate of drug-likeness (QED) is 0.179. The molecule has 0 aliphatic carbocycles. The summed E-state index contributed by atoms with van der Waals surface area (Å²) in [7, 11) is 3.16. The van der Waals surface area contributed by atoms with E-state index in [0.717, 1.165) is 32.6 Å². The highest BCUT2D eigenvalue weighted by atomic mass is 32.2. The number of carbonyl (C=O) groups excluding carboxylic acids is 1. The Hall–Kier alpha value is -3.71. The van der Waals surface area contributed by atoms with Crippen molar-refractivity contribution in [3.8, 4) is 22.8 Å². The molecule has 4 rings (SSSR count). The van der Waals surface area contributed by atoms with Gasteiger partial charge in [0.2, 0.25) is 5.91 Å². The molecule has 34 heavy (non-hydrogen) atoms. The third kappa shape index (κ3) is 5.43. The number of H-pyrrole nitrogens is 1. The first kappa shape index (κ1) is 23.4. The summed E-state index contributed by atoms with van der Waals surface area (Å²) >= 11 is 1.65. The number of nitrogens with one attached hydrogen (secondary N) is 2. The second-order valence-corrected chi connectivity index (χ2v) is 8.57. The third-order valence-electron chi connectivity index (χ3n) is 5.27. The lowest BCUT2D eigenvalue weighted by atomic mass is 10.1. The number of halogens is 1. The summed E-state index contributed by atoms with van der Waals surface area (Å²) in [5, 5.41) is 4.02. The molecule has 3 aromatic carbocycles. The van der Waals surface area contributed by atoms with Crippen molar-refractivity contribution >= 4 is 34.6 Å². The van der Waals surface area contributed by atoms with Crippen LogP contribution in [-0.2, 0) is 4.79 Å². The molecule has 4 aromatic rings. The van der Waals surface area contributed by atoms with E-state index < -0.39 is 0 Å². The summed E-state index contributed by atoms with van der Waals surface area (Å²) in [5.74, 6) is 1.49. The maximum absolute atomic E-state index is 13.4. The number of hydrogen-bond donors (Lipinski definition) is 2. The van der Waals surface area contributed by atoms with Crippen molar-refractivity contribution in [2.75, 3.05) is 26.5 Å². The van der Waals surface area contributed by atoms with E-state index in [1.807, 2.05) is 30.3 Å². The van der Waals surface area contributed by atoms with E-state index in [1.54, 1.807) is 50.3 Å². The first-order valence-electron chi connectivity index (χ1n) is 10.8. The molecule has 0 atom stereocenters. The highest BCUT2D eigenvalue weighted by Gasteiger charge is 2.13. The van der Waals surface area contributed by atoms with E-state index in [2.05, 4.69) is 16.4 Å². The Morgan fingerprint density at radius 2 is 1.79 bits per heavy atom. The largest absolute Gasteiger partial charge is 0.493 e. The number of rotatable bonds is 9. The van der Waals surface area contributed by atoms with E-state index >= 15 is 0 Å². The van der Waals surface area contributed by atoms with Crippen molar-refractivity contribution in [2.24, 2.45) is 0 Å². The fourth-order valence-corrected chi connectivity index (χ4v) is 4.66. The number of para-hydroxylation sites is 1. The molecule has 174 valence electrons. The molecule has 7 heteroatoms. The molecule has 0 unspecified atom stereocenters. The Morgan fingerprint density at radius 3 is 2.56 bits per heavy atom. The van der Waals surface area contributed by atoms with Gasteiger partial charge < -0.3 is 19.8 Å². The maximum Gasteiger partial charge on any atom is 0.244 e. The molecule has 0 bridgehead atoms. The van der Waals surface area contributed by atoms with Gasteiger partial charge in [-0.25, -0.2) is 4.39 Å². The molecule has 2 N–H and O–H groups in total. The zero-order chi connectivity index (χ0) is 23.9. The van der Waals surface area contributed by atoms with Crippen LogP contribution in [0.25, 0.3) is 28.2 Å². The Balaban J connectivity index is 1.39. The van der Waals surface area contributed by atoms with Crippen LogP contribution in [0, 0.1) is 5.82 Å². The molecule has 0 fully saturated rings. The number of carbonyl (C=O) groups is 1. The normalized spacial score (nSPS) is 11.1. The van der Waals surface area contributed by atoms with Gasteiger partial charge in [-0.05, 0) is 59.7 Å². The molecule has 0 aliphatic rings. The summed E-state index contributed by atoms with van der Waals surface area (Å²) in [6.07, 6.45) is 3.23. The number of amides is 1. The summed E-state index contributed by atoms with van der Waals surface area (Å²) in [4.78, 5) is 16.8. The highest BCUT2D eigenvalue weighted by Crippen LogP contribution is 2.37. The molecule has 1 aromatic heterocycles. The van der Waals surface area contributed by atoms with Gasteiger partial charge in [0, 0.05) is 34.2 Å². The number of thioether (sulfide) groups is 1. The Labute approximate surface area is 202 Å². The zero-order valence-electron chi connectivity index (χ0n) is 18.9. The highest BCUT2D eigenvalue weighted by molar-refractivity contribution is 7.99. The summed E-state index contributed by atoms with van der Waals surface area (Å²) in [6.45, 7) is 0.502.